The van der Waals surface area contributed by atoms with Gasteiger partial charge in [0.1, 0.15) is 6.10 Å². The Morgan fingerprint density at radius 1 is 2.00 bits per heavy atom. The maximum absolute atomic E-state index is 9.55. The van der Waals surface area contributed by atoms with E-state index in [0.29, 0.717) is 0 Å². The largest absolute Gasteiger partial charge is 0.506 e. The average molecular weight is 103 g/mol. The lowest BCUT2D eigenvalue weighted by Gasteiger charge is -1.99. The second-order valence-corrected chi connectivity index (χ2v) is 1.19. The van der Waals surface area contributed by atoms with E-state index in [1.807, 2.05) is 0 Å². The molecule has 0 aromatic heterocycles. The summed E-state index contributed by atoms with van der Waals surface area (Å²) < 4.78 is 4.06. The Balaban J connectivity index is 3.13. The normalized spacial score (nSPS) is 9.00. The van der Waals surface area contributed by atoms with Crippen molar-refractivity contribution in [2.24, 2.45) is 0 Å². The van der Waals surface area contributed by atoms with Crippen molar-refractivity contribution in [3.63, 3.8) is 0 Å². The highest BCUT2D eigenvalue weighted by atomic mass is 16.7. The summed E-state index contributed by atoms with van der Waals surface area (Å²) in [5, 5.41) is 7.82. The van der Waals surface area contributed by atoms with Crippen LogP contribution in [-0.4, -0.2) is 17.4 Å². The Bertz CT molecular complexity index is 67.3. The van der Waals surface area contributed by atoms with E-state index in [1.54, 1.807) is 6.92 Å². The SMILES string of the molecule is [CH2]C(C)OC(=O)O. The minimum atomic E-state index is -1.28. The molecule has 1 atom stereocenters. The molecule has 1 N–H and O–H groups in total. The number of ether oxygens (including phenoxy) is 1. The molecule has 0 bridgehead atoms. The molecule has 0 heterocycles. The van der Waals surface area contributed by atoms with Crippen LogP contribution in [0.4, 0.5) is 4.79 Å². The van der Waals surface area contributed by atoms with Crippen LogP contribution in [0, 0.1) is 6.92 Å². The monoisotopic (exact) mass is 103 g/mol. The van der Waals surface area contributed by atoms with Gasteiger partial charge in [-0.3, -0.25) is 0 Å². The Morgan fingerprint density at radius 2 is 2.43 bits per heavy atom. The molecule has 0 aliphatic rings. The molecule has 1 radical (unpaired) electrons. The zero-order valence-corrected chi connectivity index (χ0v) is 4.05. The number of rotatable bonds is 1. The van der Waals surface area contributed by atoms with E-state index in [2.05, 4.69) is 11.7 Å². The van der Waals surface area contributed by atoms with E-state index in [0.717, 1.165) is 0 Å². The molecule has 41 valence electrons. The highest BCUT2D eigenvalue weighted by molar-refractivity contribution is 5.57. The first-order valence-corrected chi connectivity index (χ1v) is 1.85. The number of hydrogen-bond donors (Lipinski definition) is 1. The summed E-state index contributed by atoms with van der Waals surface area (Å²) in [6, 6.07) is 0. The van der Waals surface area contributed by atoms with Gasteiger partial charge < -0.3 is 9.84 Å². The molecular formula is C4H7O3. The predicted octanol–water partition coefficient (Wildman–Crippen LogP) is 0.904. The maximum atomic E-state index is 9.55. The van der Waals surface area contributed by atoms with Gasteiger partial charge in [0.25, 0.3) is 0 Å². The van der Waals surface area contributed by atoms with E-state index in [4.69, 9.17) is 5.11 Å². The van der Waals surface area contributed by atoms with Gasteiger partial charge in [-0.25, -0.2) is 4.79 Å². The number of hydrogen-bond acceptors (Lipinski definition) is 2. The van der Waals surface area contributed by atoms with Crippen LogP contribution in [-0.2, 0) is 4.74 Å². The van der Waals surface area contributed by atoms with Crippen molar-refractivity contribution >= 4 is 6.16 Å². The lowest BCUT2D eigenvalue weighted by molar-refractivity contribution is 0.0744. The fourth-order valence-corrected chi connectivity index (χ4v) is 0.172. The van der Waals surface area contributed by atoms with Gasteiger partial charge in [0.2, 0.25) is 0 Å². The van der Waals surface area contributed by atoms with Crippen molar-refractivity contribution in [3.05, 3.63) is 6.92 Å². The molecular weight excluding hydrogens is 96.0 g/mol. The lowest BCUT2D eigenvalue weighted by Crippen LogP contribution is -2.07. The lowest BCUT2D eigenvalue weighted by atomic mass is 10.5. The van der Waals surface area contributed by atoms with Crippen molar-refractivity contribution in [1.82, 2.24) is 0 Å². The highest BCUT2D eigenvalue weighted by Crippen LogP contribution is 1.84. The zero-order chi connectivity index (χ0) is 5.86. The van der Waals surface area contributed by atoms with Gasteiger partial charge in [0.15, 0.2) is 0 Å². The van der Waals surface area contributed by atoms with Crippen LogP contribution in [0.25, 0.3) is 0 Å². The summed E-state index contributed by atoms with van der Waals surface area (Å²) in [5.41, 5.74) is 0. The van der Waals surface area contributed by atoms with E-state index in [1.165, 1.54) is 0 Å². The fraction of sp³-hybridized carbons (Fsp3) is 0.500. The smallest absolute Gasteiger partial charge is 0.450 e. The highest BCUT2D eigenvalue weighted by Gasteiger charge is 1.97. The Labute approximate surface area is 41.9 Å². The maximum Gasteiger partial charge on any atom is 0.506 e. The van der Waals surface area contributed by atoms with Crippen LogP contribution in [0.1, 0.15) is 6.92 Å². The van der Waals surface area contributed by atoms with Gasteiger partial charge in [-0.1, -0.05) is 0 Å². The first kappa shape index (κ1) is 6.27. The number of carboxylic acid groups (broad SMARTS) is 1. The predicted molar refractivity (Wildman–Crippen MR) is 23.9 cm³/mol. The first-order valence-electron chi connectivity index (χ1n) is 1.85. The number of carbonyl (C=O) groups is 1. The Morgan fingerprint density at radius 3 is 2.43 bits per heavy atom. The molecule has 0 spiro atoms. The summed E-state index contributed by atoms with van der Waals surface area (Å²) >= 11 is 0. The van der Waals surface area contributed by atoms with Gasteiger partial charge in [0, 0.05) is 0 Å². The molecule has 7 heavy (non-hydrogen) atoms. The van der Waals surface area contributed by atoms with E-state index in [9.17, 15) is 4.79 Å². The molecule has 3 nitrogen and oxygen atoms in total. The molecule has 0 aromatic carbocycles. The second-order valence-electron chi connectivity index (χ2n) is 1.19. The van der Waals surface area contributed by atoms with Gasteiger partial charge in [-0.2, -0.15) is 0 Å². The van der Waals surface area contributed by atoms with E-state index in [-0.39, 0.29) is 0 Å². The van der Waals surface area contributed by atoms with Crippen molar-refractivity contribution in [1.29, 1.82) is 0 Å². The molecule has 0 aliphatic heterocycles. The first-order chi connectivity index (χ1) is 3.13. The molecule has 1 unspecified atom stereocenters. The van der Waals surface area contributed by atoms with Crippen molar-refractivity contribution in [2.45, 2.75) is 13.0 Å². The Kier molecular flexibility index (Phi) is 2.19. The topological polar surface area (TPSA) is 46.5 Å². The van der Waals surface area contributed by atoms with Gasteiger partial charge in [-0.05, 0) is 13.8 Å². The van der Waals surface area contributed by atoms with Crippen LogP contribution < -0.4 is 0 Å². The zero-order valence-electron chi connectivity index (χ0n) is 4.05. The molecule has 0 rings (SSSR count). The summed E-state index contributed by atoms with van der Waals surface area (Å²) in [5.74, 6) is 0. The minimum absolute atomic E-state index is 0.475. The van der Waals surface area contributed by atoms with Crippen LogP contribution in [0.2, 0.25) is 0 Å². The molecule has 0 aliphatic carbocycles. The molecule has 0 saturated heterocycles. The van der Waals surface area contributed by atoms with Crippen LogP contribution in [0.3, 0.4) is 0 Å². The van der Waals surface area contributed by atoms with Crippen molar-refractivity contribution in [2.75, 3.05) is 0 Å². The third-order valence-electron chi connectivity index (χ3n) is 0.302. The standard InChI is InChI=1S/C4H7O3/c1-3(2)7-4(5)6/h3H,1H2,2H3,(H,5,6). The summed E-state index contributed by atoms with van der Waals surface area (Å²) in [7, 11) is 0. The van der Waals surface area contributed by atoms with Crippen LogP contribution in [0.5, 0.6) is 0 Å². The quantitative estimate of drug-likeness (QED) is 0.501. The molecule has 0 aromatic rings. The van der Waals surface area contributed by atoms with Crippen LogP contribution >= 0.6 is 0 Å². The van der Waals surface area contributed by atoms with E-state index < -0.39 is 12.3 Å². The van der Waals surface area contributed by atoms with Gasteiger partial charge >= 0.3 is 6.16 Å². The van der Waals surface area contributed by atoms with Gasteiger partial charge in [-0.15, -0.1) is 0 Å². The third-order valence-corrected chi connectivity index (χ3v) is 0.302. The summed E-state index contributed by atoms with van der Waals surface area (Å²) in [6.45, 7) is 4.83. The molecule has 0 amide bonds. The summed E-state index contributed by atoms with van der Waals surface area (Å²) in [6.07, 6.45) is -1.75. The van der Waals surface area contributed by atoms with Gasteiger partial charge in [0.05, 0.1) is 0 Å². The second kappa shape index (κ2) is 2.44. The fourth-order valence-electron chi connectivity index (χ4n) is 0.172. The third kappa shape index (κ3) is 5.27. The molecule has 3 heteroatoms. The van der Waals surface area contributed by atoms with Crippen LogP contribution in [0.15, 0.2) is 0 Å². The molecule has 0 saturated carbocycles. The van der Waals surface area contributed by atoms with Crippen molar-refractivity contribution in [3.8, 4) is 0 Å². The summed E-state index contributed by atoms with van der Waals surface area (Å²) in [4.78, 5) is 9.55. The molecule has 0 fully saturated rings. The van der Waals surface area contributed by atoms with Crippen molar-refractivity contribution < 1.29 is 14.6 Å². The average Bonchev–Trinajstić information content (AvgIpc) is 1.27. The Hall–Kier alpha value is -0.730. The minimum Gasteiger partial charge on any atom is -0.450 e. The van der Waals surface area contributed by atoms with E-state index >= 15 is 0 Å².